The summed E-state index contributed by atoms with van der Waals surface area (Å²) in [6.07, 6.45) is 5.28. The van der Waals surface area contributed by atoms with Crippen LogP contribution in [-0.2, 0) is 0 Å². The molecule has 0 aromatic rings. The molecule has 0 aromatic heterocycles. The van der Waals surface area contributed by atoms with E-state index in [-0.39, 0.29) is 0 Å². The molecule has 17 heavy (non-hydrogen) atoms. The van der Waals surface area contributed by atoms with Gasteiger partial charge in [-0.1, -0.05) is 0 Å². The van der Waals surface area contributed by atoms with Gasteiger partial charge in [-0.05, 0) is 99.1 Å². The van der Waals surface area contributed by atoms with Gasteiger partial charge in [0.05, 0.1) is 0 Å². The predicted octanol–water partition coefficient (Wildman–Crippen LogP) is 2.15. The lowest BCUT2D eigenvalue weighted by Gasteiger charge is -3.20. The molecule has 14 unspecified atom stereocenters. The lowest BCUT2D eigenvalue weighted by Crippen LogP contribution is -3.17. The van der Waals surface area contributed by atoms with E-state index >= 15 is 0 Å². The average molecular weight is 218 g/mol. The zero-order valence-electron chi connectivity index (χ0n) is 9.74. The van der Waals surface area contributed by atoms with Gasteiger partial charge in [-0.25, -0.2) is 0 Å². The van der Waals surface area contributed by atoms with Gasteiger partial charge in [0.1, 0.15) is 0 Å². The number of hydrogen-bond donors (Lipinski definition) is 0. The van der Waals surface area contributed by atoms with Crippen LogP contribution in [0.3, 0.4) is 0 Å². The lowest BCUT2D eigenvalue weighted by atomic mass is 8.83. The summed E-state index contributed by atoms with van der Waals surface area (Å²) < 4.78 is 0. The summed E-state index contributed by atoms with van der Waals surface area (Å²) in [6.45, 7) is 0. The molecule has 15 saturated carbocycles. The van der Waals surface area contributed by atoms with Crippen LogP contribution in [0.15, 0.2) is 0 Å². The second kappa shape index (κ2) is 0.907. The Kier molecular flexibility index (Phi) is 0.319. The topological polar surface area (TPSA) is 0 Å². The minimum atomic E-state index is 1.06. The Morgan fingerprint density at radius 3 is 2.71 bits per heavy atom. The fourth-order valence-corrected chi connectivity index (χ4v) is 15.5. The van der Waals surface area contributed by atoms with E-state index in [1.165, 1.54) is 47.3 Å². The Morgan fingerprint density at radius 2 is 1.71 bits per heavy atom. The molecule has 15 aliphatic carbocycles. The maximum atomic E-state index is 1.77. The molecule has 15 aliphatic rings. The standard InChI is InChI=1S/C17H14/c1-4-2-13-6-5-7-12(1,6)9-14(3-4)10-15(7,9)8(5)16(10)11(13)17(13,14)16/h4-11H,1-3H2. The third kappa shape index (κ3) is 0.160. The van der Waals surface area contributed by atoms with Gasteiger partial charge in [-0.15, -0.1) is 0 Å². The molecule has 0 saturated heterocycles. The van der Waals surface area contributed by atoms with Crippen LogP contribution >= 0.6 is 0 Å². The summed E-state index contributed by atoms with van der Waals surface area (Å²) in [7, 11) is 0. The zero-order valence-corrected chi connectivity index (χ0v) is 9.74. The molecule has 0 nitrogen and oxygen atoms in total. The van der Waals surface area contributed by atoms with Crippen LogP contribution in [0.2, 0.25) is 0 Å². The van der Waals surface area contributed by atoms with E-state index in [0.717, 1.165) is 32.5 Å². The third-order valence-electron chi connectivity index (χ3n) is 12.8. The molecule has 0 aliphatic heterocycles. The molecular weight excluding hydrogens is 204 g/mol. The highest BCUT2D eigenvalue weighted by molar-refractivity contribution is 5.83. The minimum absolute atomic E-state index is 1.06. The maximum absolute atomic E-state index is 1.77. The summed E-state index contributed by atoms with van der Waals surface area (Å²) in [6, 6.07) is 0. The van der Waals surface area contributed by atoms with Crippen molar-refractivity contribution in [2.24, 2.45) is 79.8 Å². The molecule has 82 valence electrons. The first kappa shape index (κ1) is 5.97. The van der Waals surface area contributed by atoms with Crippen molar-refractivity contribution in [2.45, 2.75) is 19.3 Å². The molecule has 0 amide bonds. The largest absolute Gasteiger partial charge is 0.0438 e. The van der Waals surface area contributed by atoms with Crippen molar-refractivity contribution in [3.63, 3.8) is 0 Å². The van der Waals surface area contributed by atoms with E-state index in [1.807, 2.05) is 0 Å². The summed E-state index contributed by atoms with van der Waals surface area (Å²) in [5, 5.41) is 0. The Bertz CT molecular complexity index is 739. The Labute approximate surface area is 99.5 Å². The summed E-state index contributed by atoms with van der Waals surface area (Å²) in [5.41, 5.74) is 6.55. The fraction of sp³-hybridized carbons (Fsp3) is 1.00. The molecule has 0 radical (unpaired) electrons. The van der Waals surface area contributed by atoms with Crippen molar-refractivity contribution in [3.05, 3.63) is 0 Å². The van der Waals surface area contributed by atoms with Gasteiger partial charge < -0.3 is 0 Å². The van der Waals surface area contributed by atoms with Crippen LogP contribution in [0.25, 0.3) is 0 Å². The van der Waals surface area contributed by atoms with Crippen molar-refractivity contribution in [3.8, 4) is 0 Å². The van der Waals surface area contributed by atoms with Crippen LogP contribution in [-0.4, -0.2) is 0 Å². The van der Waals surface area contributed by atoms with Crippen LogP contribution in [0, 0.1) is 79.8 Å². The molecule has 14 atom stereocenters. The van der Waals surface area contributed by atoms with Gasteiger partial charge in [0, 0.05) is 0 Å². The van der Waals surface area contributed by atoms with Crippen molar-refractivity contribution >= 4 is 0 Å². The van der Waals surface area contributed by atoms with E-state index in [9.17, 15) is 0 Å². The summed E-state index contributed by atoms with van der Waals surface area (Å²) >= 11 is 0. The maximum Gasteiger partial charge on any atom is -0.00669 e. The van der Waals surface area contributed by atoms with Gasteiger partial charge in [0.25, 0.3) is 0 Å². The van der Waals surface area contributed by atoms with Gasteiger partial charge >= 0.3 is 0 Å². The van der Waals surface area contributed by atoms with Crippen molar-refractivity contribution in [1.29, 1.82) is 0 Å². The van der Waals surface area contributed by atoms with Gasteiger partial charge in [0.2, 0.25) is 0 Å². The monoisotopic (exact) mass is 218 g/mol. The molecule has 0 heterocycles. The Morgan fingerprint density at radius 1 is 0.765 bits per heavy atom. The SMILES string of the molecule is C1C2CC34C5C16C1C7C6C6(C2)C2C8(C7C15C38)C246. The first-order chi connectivity index (χ1) is 8.37. The zero-order chi connectivity index (χ0) is 9.74. The quantitative estimate of drug-likeness (QED) is 0.584. The van der Waals surface area contributed by atoms with E-state index in [4.69, 9.17) is 0 Å². The molecular formula is C17H14. The molecule has 10 bridgehead atoms. The van der Waals surface area contributed by atoms with Crippen LogP contribution < -0.4 is 0 Å². The normalized spacial score (nSPS) is 123. The van der Waals surface area contributed by atoms with Crippen LogP contribution in [0.4, 0.5) is 0 Å². The lowest BCUT2D eigenvalue weighted by molar-refractivity contribution is -0.744. The molecule has 0 heteroatoms. The summed E-state index contributed by atoms with van der Waals surface area (Å²) in [4.78, 5) is 0. The minimum Gasteiger partial charge on any atom is -0.0438 e. The van der Waals surface area contributed by atoms with Crippen LogP contribution in [0.5, 0.6) is 0 Å². The average Bonchev–Trinajstić information content (AvgIpc) is 3.05. The first-order valence-electron chi connectivity index (χ1n) is 8.37. The highest BCUT2D eigenvalue weighted by atomic mass is 15.4. The fourth-order valence-electron chi connectivity index (χ4n) is 15.5. The predicted molar refractivity (Wildman–Crippen MR) is 56.4 cm³/mol. The van der Waals surface area contributed by atoms with E-state index in [0.29, 0.717) is 0 Å². The highest BCUT2D eigenvalue weighted by Gasteiger charge is 3.37. The van der Waals surface area contributed by atoms with Crippen molar-refractivity contribution < 1.29 is 0 Å². The first-order valence-corrected chi connectivity index (χ1v) is 8.37. The van der Waals surface area contributed by atoms with Gasteiger partial charge in [-0.2, -0.15) is 0 Å². The number of rotatable bonds is 0. The number of hydrogen-bond acceptors (Lipinski definition) is 0. The van der Waals surface area contributed by atoms with E-state index in [2.05, 4.69) is 0 Å². The summed E-state index contributed by atoms with van der Waals surface area (Å²) in [5.74, 6) is 10.8. The third-order valence-corrected chi connectivity index (χ3v) is 12.8. The van der Waals surface area contributed by atoms with Crippen molar-refractivity contribution in [1.82, 2.24) is 0 Å². The van der Waals surface area contributed by atoms with Gasteiger partial charge in [-0.3, -0.25) is 0 Å². The molecule has 0 N–H and O–H groups in total. The Balaban J connectivity index is 1.56. The molecule has 15 fully saturated rings. The Hall–Kier alpha value is 0. The van der Waals surface area contributed by atoms with Crippen LogP contribution in [0.1, 0.15) is 19.3 Å². The molecule has 6 spiro atoms. The van der Waals surface area contributed by atoms with E-state index < -0.39 is 0 Å². The second-order valence-electron chi connectivity index (χ2n) is 10.7. The second-order valence-corrected chi connectivity index (χ2v) is 10.7. The van der Waals surface area contributed by atoms with Crippen molar-refractivity contribution in [2.75, 3.05) is 0 Å². The molecule has 15 rings (SSSR count). The smallest absolute Gasteiger partial charge is 0.00669 e. The van der Waals surface area contributed by atoms with E-state index in [1.54, 1.807) is 19.3 Å². The molecule has 0 aromatic carbocycles. The highest BCUT2D eigenvalue weighted by Crippen LogP contribution is 3.40. The van der Waals surface area contributed by atoms with Gasteiger partial charge in [0.15, 0.2) is 0 Å².